The maximum atomic E-state index is 10.9. The Bertz CT molecular complexity index is 136. The van der Waals surface area contributed by atoms with Gasteiger partial charge in [0.2, 0.25) is 0 Å². The van der Waals surface area contributed by atoms with Gasteiger partial charge in [0.25, 0.3) is 0 Å². The summed E-state index contributed by atoms with van der Waals surface area (Å²) in [5.74, 6) is 0.307. The van der Waals surface area contributed by atoms with Crippen molar-refractivity contribution in [3.63, 3.8) is 0 Å². The van der Waals surface area contributed by atoms with Crippen molar-refractivity contribution in [1.82, 2.24) is 0 Å². The summed E-state index contributed by atoms with van der Waals surface area (Å²) in [6, 6.07) is 0. The highest BCUT2D eigenvalue weighted by Crippen LogP contribution is 2.09. The zero-order chi connectivity index (χ0) is 7.23. The summed E-state index contributed by atoms with van der Waals surface area (Å²) >= 11 is 0. The van der Waals surface area contributed by atoms with Gasteiger partial charge in [-0.15, -0.1) is 0 Å². The van der Waals surface area contributed by atoms with Gasteiger partial charge in [-0.05, 0) is 25.3 Å². The van der Waals surface area contributed by atoms with E-state index < -0.39 is 0 Å². The van der Waals surface area contributed by atoms with Gasteiger partial charge < -0.3 is 0 Å². The van der Waals surface area contributed by atoms with Gasteiger partial charge in [-0.2, -0.15) is 0 Å². The summed E-state index contributed by atoms with van der Waals surface area (Å²) < 4.78 is 0. The van der Waals surface area contributed by atoms with Gasteiger partial charge in [-0.1, -0.05) is 18.9 Å². The summed E-state index contributed by atoms with van der Waals surface area (Å²) in [5, 5.41) is 0. The smallest absolute Gasteiger partial charge is 0.155 e. The van der Waals surface area contributed by atoms with Crippen LogP contribution in [0.2, 0.25) is 0 Å². The summed E-state index contributed by atoms with van der Waals surface area (Å²) in [6.45, 7) is 0. The molecule has 0 N–H and O–H groups in total. The second kappa shape index (κ2) is 4.26. The molecule has 0 radical (unpaired) electrons. The molecule has 0 aromatic carbocycles. The fourth-order valence-corrected chi connectivity index (χ4v) is 1.21. The molecule has 1 aliphatic rings. The zero-order valence-corrected chi connectivity index (χ0v) is 6.31. The van der Waals surface area contributed by atoms with Crippen molar-refractivity contribution in [2.45, 2.75) is 38.5 Å². The molecule has 0 saturated carbocycles. The highest BCUT2D eigenvalue weighted by Gasteiger charge is 1.98. The van der Waals surface area contributed by atoms with E-state index in [1.807, 2.05) is 6.08 Å². The van der Waals surface area contributed by atoms with E-state index in [1.165, 1.54) is 19.3 Å². The highest BCUT2D eigenvalue weighted by molar-refractivity contribution is 5.89. The third-order valence-corrected chi connectivity index (χ3v) is 1.85. The molecule has 0 saturated heterocycles. The zero-order valence-electron chi connectivity index (χ0n) is 6.31. The monoisotopic (exact) mass is 138 g/mol. The summed E-state index contributed by atoms with van der Waals surface area (Å²) in [6.07, 6.45) is 10.5. The van der Waals surface area contributed by atoms with Gasteiger partial charge >= 0.3 is 0 Å². The van der Waals surface area contributed by atoms with E-state index in [9.17, 15) is 4.79 Å². The van der Waals surface area contributed by atoms with Gasteiger partial charge in [-0.25, -0.2) is 0 Å². The Morgan fingerprint density at radius 1 is 1.10 bits per heavy atom. The molecule has 0 spiro atoms. The Balaban J connectivity index is 2.35. The Labute approximate surface area is 62.1 Å². The Hall–Kier alpha value is -0.590. The molecular weight excluding hydrogens is 124 g/mol. The molecule has 0 atom stereocenters. The van der Waals surface area contributed by atoms with Crippen LogP contribution in [0, 0.1) is 0 Å². The molecule has 0 aromatic rings. The first-order valence-electron chi connectivity index (χ1n) is 4.09. The fourth-order valence-electron chi connectivity index (χ4n) is 1.21. The van der Waals surface area contributed by atoms with Crippen molar-refractivity contribution in [2.75, 3.05) is 0 Å². The summed E-state index contributed by atoms with van der Waals surface area (Å²) in [5.41, 5.74) is 0. The minimum absolute atomic E-state index is 0.307. The van der Waals surface area contributed by atoms with E-state index in [0.29, 0.717) is 5.78 Å². The SMILES string of the molecule is O=C1/C=C/CCCCCC1. The summed E-state index contributed by atoms with van der Waals surface area (Å²) in [4.78, 5) is 10.9. The van der Waals surface area contributed by atoms with Crippen LogP contribution in [0.15, 0.2) is 12.2 Å². The van der Waals surface area contributed by atoms with Crippen molar-refractivity contribution >= 4 is 5.78 Å². The first-order valence-corrected chi connectivity index (χ1v) is 4.09. The molecule has 0 heterocycles. The van der Waals surface area contributed by atoms with Gasteiger partial charge in [0, 0.05) is 6.42 Å². The fraction of sp³-hybridized carbons (Fsp3) is 0.667. The van der Waals surface area contributed by atoms with E-state index in [1.54, 1.807) is 6.08 Å². The van der Waals surface area contributed by atoms with Gasteiger partial charge in [-0.3, -0.25) is 4.79 Å². The molecule has 0 fully saturated rings. The minimum atomic E-state index is 0.307. The summed E-state index contributed by atoms with van der Waals surface area (Å²) in [7, 11) is 0. The first-order chi connectivity index (χ1) is 4.89. The minimum Gasteiger partial charge on any atom is -0.295 e. The number of hydrogen-bond acceptors (Lipinski definition) is 1. The number of ketones is 1. The van der Waals surface area contributed by atoms with E-state index in [0.717, 1.165) is 19.3 Å². The van der Waals surface area contributed by atoms with Crippen LogP contribution in [0.3, 0.4) is 0 Å². The predicted octanol–water partition coefficient (Wildman–Crippen LogP) is 2.47. The highest BCUT2D eigenvalue weighted by atomic mass is 16.1. The van der Waals surface area contributed by atoms with Crippen LogP contribution in [-0.4, -0.2) is 5.78 Å². The van der Waals surface area contributed by atoms with Crippen LogP contribution in [0.5, 0.6) is 0 Å². The molecule has 10 heavy (non-hydrogen) atoms. The third-order valence-electron chi connectivity index (χ3n) is 1.85. The van der Waals surface area contributed by atoms with Gasteiger partial charge in [0.1, 0.15) is 0 Å². The molecule has 1 aliphatic carbocycles. The van der Waals surface area contributed by atoms with E-state index >= 15 is 0 Å². The van der Waals surface area contributed by atoms with Crippen LogP contribution in [0.25, 0.3) is 0 Å². The quantitative estimate of drug-likeness (QED) is 0.502. The number of hydrogen-bond donors (Lipinski definition) is 0. The number of carbonyl (C=O) groups is 1. The van der Waals surface area contributed by atoms with E-state index in [4.69, 9.17) is 0 Å². The average molecular weight is 138 g/mol. The number of allylic oxidation sites excluding steroid dienone is 2. The Morgan fingerprint density at radius 2 is 1.90 bits per heavy atom. The third kappa shape index (κ3) is 2.81. The van der Waals surface area contributed by atoms with Crippen LogP contribution < -0.4 is 0 Å². The van der Waals surface area contributed by atoms with Crippen LogP contribution >= 0.6 is 0 Å². The predicted molar refractivity (Wildman–Crippen MR) is 41.8 cm³/mol. The topological polar surface area (TPSA) is 17.1 Å². The van der Waals surface area contributed by atoms with Crippen LogP contribution in [0.1, 0.15) is 38.5 Å². The lowest BCUT2D eigenvalue weighted by atomic mass is 10.1. The van der Waals surface area contributed by atoms with Crippen LogP contribution in [0.4, 0.5) is 0 Å². The van der Waals surface area contributed by atoms with Crippen molar-refractivity contribution < 1.29 is 4.79 Å². The normalized spacial score (nSPS) is 24.6. The lowest BCUT2D eigenvalue weighted by molar-refractivity contribution is -0.114. The van der Waals surface area contributed by atoms with Gasteiger partial charge in [0.15, 0.2) is 5.78 Å². The molecule has 0 amide bonds. The number of rotatable bonds is 0. The average Bonchev–Trinajstić information content (AvgIpc) is 2.02. The lowest BCUT2D eigenvalue weighted by Crippen LogP contribution is -1.90. The maximum Gasteiger partial charge on any atom is 0.155 e. The van der Waals surface area contributed by atoms with E-state index in [2.05, 4.69) is 0 Å². The second-order valence-electron chi connectivity index (χ2n) is 2.82. The molecule has 1 rings (SSSR count). The number of carbonyl (C=O) groups excluding carboxylic acids is 1. The molecule has 0 unspecified atom stereocenters. The van der Waals surface area contributed by atoms with Crippen molar-refractivity contribution in [1.29, 1.82) is 0 Å². The molecule has 1 heteroatoms. The Morgan fingerprint density at radius 3 is 2.80 bits per heavy atom. The second-order valence-corrected chi connectivity index (χ2v) is 2.82. The Kier molecular flexibility index (Phi) is 3.20. The largest absolute Gasteiger partial charge is 0.295 e. The van der Waals surface area contributed by atoms with Crippen molar-refractivity contribution in [3.8, 4) is 0 Å². The molecular formula is C9H14O. The van der Waals surface area contributed by atoms with Crippen LogP contribution in [-0.2, 0) is 4.79 Å². The molecule has 0 aromatic heterocycles. The lowest BCUT2D eigenvalue weighted by Gasteiger charge is -1.93. The van der Waals surface area contributed by atoms with Gasteiger partial charge in [0.05, 0.1) is 0 Å². The first kappa shape index (κ1) is 7.52. The molecule has 56 valence electrons. The van der Waals surface area contributed by atoms with E-state index in [-0.39, 0.29) is 0 Å². The van der Waals surface area contributed by atoms with Crippen molar-refractivity contribution in [3.05, 3.63) is 12.2 Å². The maximum absolute atomic E-state index is 10.9. The molecule has 0 aliphatic heterocycles. The molecule has 1 nitrogen and oxygen atoms in total. The van der Waals surface area contributed by atoms with Crippen molar-refractivity contribution in [2.24, 2.45) is 0 Å². The standard InChI is InChI=1S/C9H14O/c10-9-7-5-3-1-2-4-6-8-9/h5,7H,1-4,6,8H2/b7-5+. The molecule has 0 bridgehead atoms.